The lowest BCUT2D eigenvalue weighted by Crippen LogP contribution is -2.04. The summed E-state index contributed by atoms with van der Waals surface area (Å²) in [5.41, 5.74) is 1.82. The number of rotatable bonds is 5. The number of aliphatic hydroxyl groups excluding tert-OH is 1. The smallest absolute Gasteiger partial charge is 0.124 e. The van der Waals surface area contributed by atoms with Gasteiger partial charge in [-0.2, -0.15) is 0 Å². The summed E-state index contributed by atoms with van der Waals surface area (Å²) in [5.74, 6) is 0.435. The van der Waals surface area contributed by atoms with Gasteiger partial charge in [0.1, 0.15) is 18.2 Å². The van der Waals surface area contributed by atoms with Crippen LogP contribution in [0.1, 0.15) is 18.1 Å². The molecule has 0 aliphatic rings. The van der Waals surface area contributed by atoms with Crippen LogP contribution in [-0.2, 0) is 13.0 Å². The first-order valence-corrected chi connectivity index (χ1v) is 7.17. The van der Waals surface area contributed by atoms with Crippen LogP contribution in [-0.4, -0.2) is 11.2 Å². The Labute approximate surface area is 126 Å². The SMILES string of the molecule is CC(O)Cc1ccc(OCc2cc(F)cc(Br)c2)cc1. The molecule has 0 spiro atoms. The molecule has 1 N–H and O–H groups in total. The van der Waals surface area contributed by atoms with Crippen molar-refractivity contribution in [2.24, 2.45) is 0 Å². The van der Waals surface area contributed by atoms with E-state index in [1.54, 1.807) is 6.92 Å². The van der Waals surface area contributed by atoms with Crippen LogP contribution in [0.3, 0.4) is 0 Å². The van der Waals surface area contributed by atoms with Gasteiger partial charge in [0.15, 0.2) is 0 Å². The van der Waals surface area contributed by atoms with Crippen molar-refractivity contribution in [1.29, 1.82) is 0 Å². The van der Waals surface area contributed by atoms with Gasteiger partial charge < -0.3 is 9.84 Å². The van der Waals surface area contributed by atoms with E-state index in [-0.39, 0.29) is 11.9 Å². The molecule has 106 valence electrons. The van der Waals surface area contributed by atoms with Crippen molar-refractivity contribution in [3.8, 4) is 5.75 Å². The van der Waals surface area contributed by atoms with Gasteiger partial charge >= 0.3 is 0 Å². The van der Waals surface area contributed by atoms with Gasteiger partial charge in [-0.05, 0) is 54.8 Å². The Bertz CT molecular complexity index is 547. The monoisotopic (exact) mass is 338 g/mol. The number of aliphatic hydroxyl groups is 1. The highest BCUT2D eigenvalue weighted by molar-refractivity contribution is 9.10. The minimum atomic E-state index is -0.355. The first kappa shape index (κ1) is 15.0. The second-order valence-electron chi connectivity index (χ2n) is 4.76. The van der Waals surface area contributed by atoms with Crippen molar-refractivity contribution in [1.82, 2.24) is 0 Å². The average Bonchev–Trinajstić information content (AvgIpc) is 2.36. The quantitative estimate of drug-likeness (QED) is 0.889. The molecule has 0 saturated heterocycles. The number of halogens is 2. The third kappa shape index (κ3) is 4.62. The van der Waals surface area contributed by atoms with E-state index in [0.29, 0.717) is 17.5 Å². The molecule has 1 unspecified atom stereocenters. The van der Waals surface area contributed by atoms with Gasteiger partial charge in [-0.3, -0.25) is 0 Å². The molecule has 20 heavy (non-hydrogen) atoms. The third-order valence-electron chi connectivity index (χ3n) is 2.78. The second-order valence-corrected chi connectivity index (χ2v) is 5.68. The number of hydrogen-bond acceptors (Lipinski definition) is 2. The Hall–Kier alpha value is -1.39. The molecule has 0 heterocycles. The highest BCUT2D eigenvalue weighted by Gasteiger charge is 2.02. The maximum atomic E-state index is 13.2. The first-order valence-electron chi connectivity index (χ1n) is 6.38. The highest BCUT2D eigenvalue weighted by atomic mass is 79.9. The second kappa shape index (κ2) is 6.86. The molecule has 2 aromatic rings. The van der Waals surface area contributed by atoms with Crippen LogP contribution in [0, 0.1) is 5.82 Å². The fourth-order valence-electron chi connectivity index (χ4n) is 1.92. The molecule has 0 fully saturated rings. The van der Waals surface area contributed by atoms with Gasteiger partial charge in [0.05, 0.1) is 6.10 Å². The summed E-state index contributed by atoms with van der Waals surface area (Å²) >= 11 is 3.25. The van der Waals surface area contributed by atoms with Crippen molar-refractivity contribution >= 4 is 15.9 Å². The standard InChI is InChI=1S/C16H16BrFO2/c1-11(19)6-12-2-4-16(5-3-12)20-10-13-7-14(17)9-15(18)8-13/h2-5,7-9,11,19H,6,10H2,1H3. The van der Waals surface area contributed by atoms with E-state index >= 15 is 0 Å². The van der Waals surface area contributed by atoms with Crippen molar-refractivity contribution in [2.45, 2.75) is 26.1 Å². The van der Waals surface area contributed by atoms with Crippen LogP contribution < -0.4 is 4.74 Å². The maximum Gasteiger partial charge on any atom is 0.124 e. The van der Waals surface area contributed by atoms with E-state index in [9.17, 15) is 9.50 Å². The van der Waals surface area contributed by atoms with E-state index in [1.807, 2.05) is 30.3 Å². The van der Waals surface area contributed by atoms with Gasteiger partial charge in [0, 0.05) is 4.47 Å². The molecule has 0 aliphatic carbocycles. The van der Waals surface area contributed by atoms with E-state index in [2.05, 4.69) is 15.9 Å². The zero-order valence-electron chi connectivity index (χ0n) is 11.1. The Kier molecular flexibility index (Phi) is 5.15. The molecule has 0 saturated carbocycles. The third-order valence-corrected chi connectivity index (χ3v) is 3.24. The first-order chi connectivity index (χ1) is 9.52. The van der Waals surface area contributed by atoms with E-state index in [1.165, 1.54) is 12.1 Å². The van der Waals surface area contributed by atoms with Crippen LogP contribution in [0.2, 0.25) is 0 Å². The van der Waals surface area contributed by atoms with Gasteiger partial charge in [-0.25, -0.2) is 4.39 Å². The molecule has 4 heteroatoms. The minimum absolute atomic E-state index is 0.287. The predicted molar refractivity (Wildman–Crippen MR) is 80.3 cm³/mol. The summed E-state index contributed by atoms with van der Waals surface area (Å²) in [6.45, 7) is 2.07. The fourth-order valence-corrected chi connectivity index (χ4v) is 2.44. The lowest BCUT2D eigenvalue weighted by atomic mass is 10.1. The Balaban J connectivity index is 1.96. The summed E-state index contributed by atoms with van der Waals surface area (Å²) in [6.07, 6.45) is 0.267. The van der Waals surface area contributed by atoms with Crippen LogP contribution >= 0.6 is 15.9 Å². The molecular formula is C16H16BrFO2. The number of ether oxygens (including phenoxy) is 1. The zero-order valence-corrected chi connectivity index (χ0v) is 12.7. The van der Waals surface area contributed by atoms with Gasteiger partial charge in [-0.1, -0.05) is 28.1 Å². The molecule has 0 aromatic heterocycles. The van der Waals surface area contributed by atoms with Crippen molar-refractivity contribution in [2.75, 3.05) is 0 Å². The lowest BCUT2D eigenvalue weighted by molar-refractivity contribution is 0.195. The van der Waals surface area contributed by atoms with Gasteiger partial charge in [0.25, 0.3) is 0 Å². The van der Waals surface area contributed by atoms with Crippen LogP contribution in [0.25, 0.3) is 0 Å². The number of hydrogen-bond donors (Lipinski definition) is 1. The normalized spacial score (nSPS) is 12.2. The van der Waals surface area contributed by atoms with Crippen molar-refractivity contribution in [3.63, 3.8) is 0 Å². The molecule has 1 atom stereocenters. The molecule has 2 nitrogen and oxygen atoms in total. The lowest BCUT2D eigenvalue weighted by Gasteiger charge is -2.09. The summed E-state index contributed by atoms with van der Waals surface area (Å²) in [5, 5.41) is 9.31. The van der Waals surface area contributed by atoms with Crippen LogP contribution in [0.4, 0.5) is 4.39 Å². The Morgan fingerprint density at radius 3 is 2.45 bits per heavy atom. The van der Waals surface area contributed by atoms with Crippen LogP contribution in [0.15, 0.2) is 46.9 Å². The fraction of sp³-hybridized carbons (Fsp3) is 0.250. The Morgan fingerprint density at radius 2 is 1.85 bits per heavy atom. The maximum absolute atomic E-state index is 13.2. The Morgan fingerprint density at radius 1 is 1.15 bits per heavy atom. The molecule has 0 amide bonds. The van der Waals surface area contributed by atoms with Gasteiger partial charge in [0.2, 0.25) is 0 Å². The van der Waals surface area contributed by atoms with Gasteiger partial charge in [-0.15, -0.1) is 0 Å². The molecule has 0 bridgehead atoms. The topological polar surface area (TPSA) is 29.5 Å². The molecule has 2 aromatic carbocycles. The highest BCUT2D eigenvalue weighted by Crippen LogP contribution is 2.18. The molecule has 2 rings (SSSR count). The van der Waals surface area contributed by atoms with E-state index < -0.39 is 0 Å². The molecule has 0 radical (unpaired) electrons. The zero-order chi connectivity index (χ0) is 14.5. The largest absolute Gasteiger partial charge is 0.489 e. The van der Waals surface area contributed by atoms with E-state index in [4.69, 9.17) is 4.74 Å². The molecular weight excluding hydrogens is 323 g/mol. The van der Waals surface area contributed by atoms with Crippen molar-refractivity contribution in [3.05, 3.63) is 63.9 Å². The minimum Gasteiger partial charge on any atom is -0.489 e. The van der Waals surface area contributed by atoms with Crippen LogP contribution in [0.5, 0.6) is 5.75 Å². The summed E-state index contributed by atoms with van der Waals surface area (Å²) < 4.78 is 19.5. The average molecular weight is 339 g/mol. The summed E-state index contributed by atoms with van der Waals surface area (Å²) in [4.78, 5) is 0. The molecule has 0 aliphatic heterocycles. The van der Waals surface area contributed by atoms with E-state index in [0.717, 1.165) is 16.9 Å². The van der Waals surface area contributed by atoms with Crippen molar-refractivity contribution < 1.29 is 14.2 Å². The summed E-state index contributed by atoms with van der Waals surface area (Å²) in [6, 6.07) is 12.2. The predicted octanol–water partition coefficient (Wildman–Crippen LogP) is 4.09. The number of benzene rings is 2. The summed E-state index contributed by atoms with van der Waals surface area (Å²) in [7, 11) is 0.